The molecule has 2 aromatic carbocycles. The summed E-state index contributed by atoms with van der Waals surface area (Å²) < 4.78 is 0. The molecule has 0 N–H and O–H groups in total. The van der Waals surface area contributed by atoms with Gasteiger partial charge in [0.1, 0.15) is 0 Å². The number of nitrogens with zero attached hydrogens (tertiary/aromatic N) is 2. The molecule has 0 heterocycles. The van der Waals surface area contributed by atoms with Crippen LogP contribution < -0.4 is 0 Å². The fraction of sp³-hybridized carbons (Fsp3) is 0.0556. The van der Waals surface area contributed by atoms with Crippen LogP contribution in [0.25, 0.3) is 11.6 Å². The second kappa shape index (κ2) is 7.00. The Morgan fingerprint density at radius 3 is 2.50 bits per heavy atom. The van der Waals surface area contributed by atoms with E-state index in [4.69, 9.17) is 0 Å². The number of nitro groups is 1. The molecule has 0 aromatic heterocycles. The summed E-state index contributed by atoms with van der Waals surface area (Å²) in [6, 6.07) is 16.2. The van der Waals surface area contributed by atoms with Gasteiger partial charge in [0.25, 0.3) is 5.69 Å². The molecular weight excluding hydrogens is 276 g/mol. The number of aryl methyl sites for hydroxylation is 1. The van der Waals surface area contributed by atoms with Crippen LogP contribution in [-0.2, 0) is 0 Å². The molecule has 2 rings (SSSR count). The van der Waals surface area contributed by atoms with Crippen molar-refractivity contribution in [3.8, 4) is 6.07 Å². The lowest BCUT2D eigenvalue weighted by Gasteiger charge is -1.99. The van der Waals surface area contributed by atoms with Gasteiger partial charge in [-0.1, -0.05) is 48.0 Å². The number of nitro benzene ring substituents is 1. The number of hydrogen-bond acceptors (Lipinski definition) is 3. The number of hydrogen-bond donors (Lipinski definition) is 0. The molecule has 0 spiro atoms. The molecule has 2 aromatic rings. The molecule has 0 saturated carbocycles. The van der Waals surface area contributed by atoms with Gasteiger partial charge in [-0.15, -0.1) is 0 Å². The molecule has 22 heavy (non-hydrogen) atoms. The summed E-state index contributed by atoms with van der Waals surface area (Å²) >= 11 is 0. The third-order valence-electron chi connectivity index (χ3n) is 3.16. The van der Waals surface area contributed by atoms with Crippen molar-refractivity contribution in [3.05, 3.63) is 87.5 Å². The molecule has 0 amide bonds. The summed E-state index contributed by atoms with van der Waals surface area (Å²) in [5, 5.41) is 20.2. The first kappa shape index (κ1) is 15.2. The summed E-state index contributed by atoms with van der Waals surface area (Å²) in [4.78, 5) is 10.5. The Balaban J connectivity index is 2.28. The Labute approximate surface area is 128 Å². The molecule has 4 nitrogen and oxygen atoms in total. The molecule has 0 aliphatic heterocycles. The van der Waals surface area contributed by atoms with E-state index >= 15 is 0 Å². The summed E-state index contributed by atoms with van der Waals surface area (Å²) in [5.74, 6) is 0. The highest BCUT2D eigenvalue weighted by Gasteiger charge is 2.08. The summed E-state index contributed by atoms with van der Waals surface area (Å²) in [6.45, 7) is 1.98. The molecule has 108 valence electrons. The minimum atomic E-state index is -0.422. The van der Waals surface area contributed by atoms with E-state index in [0.717, 1.165) is 11.1 Å². The van der Waals surface area contributed by atoms with Gasteiger partial charge in [0.2, 0.25) is 0 Å². The third-order valence-corrected chi connectivity index (χ3v) is 3.16. The minimum absolute atomic E-state index is 0.0426. The molecular formula is C18H14N2O2. The molecule has 4 heteroatoms. The van der Waals surface area contributed by atoms with Crippen molar-refractivity contribution in [1.29, 1.82) is 5.26 Å². The Morgan fingerprint density at radius 2 is 1.86 bits per heavy atom. The summed E-state index contributed by atoms with van der Waals surface area (Å²) in [7, 11) is 0. The molecule has 0 aliphatic carbocycles. The van der Waals surface area contributed by atoms with E-state index in [2.05, 4.69) is 6.07 Å². The zero-order valence-corrected chi connectivity index (χ0v) is 12.1. The van der Waals surface area contributed by atoms with Crippen LogP contribution in [0.5, 0.6) is 0 Å². The van der Waals surface area contributed by atoms with Gasteiger partial charge in [0, 0.05) is 6.07 Å². The predicted molar refractivity (Wildman–Crippen MR) is 86.9 cm³/mol. The van der Waals surface area contributed by atoms with Crippen molar-refractivity contribution in [3.63, 3.8) is 0 Å². The molecule has 0 fully saturated rings. The number of benzene rings is 2. The van der Waals surface area contributed by atoms with Gasteiger partial charge in [-0.2, -0.15) is 5.26 Å². The topological polar surface area (TPSA) is 66.9 Å². The van der Waals surface area contributed by atoms with Crippen LogP contribution in [0.2, 0.25) is 0 Å². The quantitative estimate of drug-likeness (QED) is 0.360. The highest BCUT2D eigenvalue weighted by Crippen LogP contribution is 2.20. The van der Waals surface area contributed by atoms with Crippen LogP contribution in [-0.4, -0.2) is 4.92 Å². The van der Waals surface area contributed by atoms with E-state index in [0.29, 0.717) is 11.1 Å². The Hall–Kier alpha value is -3.19. The Kier molecular flexibility index (Phi) is 4.84. The van der Waals surface area contributed by atoms with Crippen molar-refractivity contribution in [1.82, 2.24) is 0 Å². The van der Waals surface area contributed by atoms with Crippen LogP contribution >= 0.6 is 0 Å². The number of nitriles is 1. The van der Waals surface area contributed by atoms with Crippen LogP contribution in [0.15, 0.2) is 60.7 Å². The van der Waals surface area contributed by atoms with E-state index in [1.165, 1.54) is 6.07 Å². The van der Waals surface area contributed by atoms with E-state index < -0.39 is 4.92 Å². The van der Waals surface area contributed by atoms with Crippen molar-refractivity contribution in [2.45, 2.75) is 6.92 Å². The summed E-state index contributed by atoms with van der Waals surface area (Å²) in [5.41, 5.74) is 3.00. The monoisotopic (exact) mass is 290 g/mol. The van der Waals surface area contributed by atoms with Crippen molar-refractivity contribution in [2.75, 3.05) is 0 Å². The van der Waals surface area contributed by atoms with Gasteiger partial charge in [-0.05, 0) is 30.7 Å². The van der Waals surface area contributed by atoms with Crippen LogP contribution in [0.3, 0.4) is 0 Å². The zero-order chi connectivity index (χ0) is 15.9. The van der Waals surface area contributed by atoms with Gasteiger partial charge >= 0.3 is 0 Å². The maximum Gasteiger partial charge on any atom is 0.276 e. The number of para-hydroxylation sites is 1. The van der Waals surface area contributed by atoms with Crippen molar-refractivity contribution in [2.24, 2.45) is 0 Å². The number of allylic oxidation sites excluding steroid dienone is 3. The lowest BCUT2D eigenvalue weighted by Crippen LogP contribution is -1.90. The maximum absolute atomic E-state index is 10.9. The van der Waals surface area contributed by atoms with Crippen LogP contribution in [0, 0.1) is 28.4 Å². The van der Waals surface area contributed by atoms with Gasteiger partial charge in [-0.3, -0.25) is 10.1 Å². The largest absolute Gasteiger partial charge is 0.276 e. The van der Waals surface area contributed by atoms with E-state index in [1.807, 2.05) is 31.2 Å². The first-order valence-corrected chi connectivity index (χ1v) is 6.71. The van der Waals surface area contributed by atoms with Crippen LogP contribution in [0.4, 0.5) is 5.69 Å². The minimum Gasteiger partial charge on any atom is -0.258 e. The highest BCUT2D eigenvalue weighted by atomic mass is 16.6. The molecule has 0 unspecified atom stereocenters. The smallest absolute Gasteiger partial charge is 0.258 e. The fourth-order valence-electron chi connectivity index (χ4n) is 1.97. The van der Waals surface area contributed by atoms with Crippen molar-refractivity contribution < 1.29 is 4.92 Å². The van der Waals surface area contributed by atoms with Gasteiger partial charge in [-0.25, -0.2) is 0 Å². The molecule has 0 atom stereocenters. The van der Waals surface area contributed by atoms with Gasteiger partial charge in [0.05, 0.1) is 22.1 Å². The predicted octanol–water partition coefficient (Wildman–Crippen LogP) is 4.52. The molecule has 0 bridgehead atoms. The molecule has 0 radical (unpaired) electrons. The molecule has 0 aliphatic rings. The van der Waals surface area contributed by atoms with Crippen LogP contribution in [0.1, 0.15) is 16.7 Å². The highest BCUT2D eigenvalue weighted by molar-refractivity contribution is 5.79. The van der Waals surface area contributed by atoms with Gasteiger partial charge < -0.3 is 0 Å². The van der Waals surface area contributed by atoms with E-state index in [9.17, 15) is 15.4 Å². The Bertz CT molecular complexity index is 781. The third kappa shape index (κ3) is 3.68. The van der Waals surface area contributed by atoms with E-state index in [-0.39, 0.29) is 5.69 Å². The zero-order valence-electron chi connectivity index (χ0n) is 12.1. The lowest BCUT2D eigenvalue weighted by molar-refractivity contribution is -0.385. The van der Waals surface area contributed by atoms with Crippen molar-refractivity contribution >= 4 is 17.3 Å². The fourth-order valence-corrected chi connectivity index (χ4v) is 1.97. The molecule has 0 saturated heterocycles. The first-order chi connectivity index (χ1) is 10.6. The second-order valence-corrected chi connectivity index (χ2v) is 4.73. The average molecular weight is 290 g/mol. The van der Waals surface area contributed by atoms with Gasteiger partial charge in [0.15, 0.2) is 0 Å². The lowest BCUT2D eigenvalue weighted by atomic mass is 10.0. The first-order valence-electron chi connectivity index (χ1n) is 6.71. The number of rotatable bonds is 4. The maximum atomic E-state index is 10.9. The van der Waals surface area contributed by atoms with E-state index in [1.54, 1.807) is 36.4 Å². The second-order valence-electron chi connectivity index (χ2n) is 4.73. The average Bonchev–Trinajstić information content (AvgIpc) is 2.53. The summed E-state index contributed by atoms with van der Waals surface area (Å²) in [6.07, 6.45) is 4.94. The SMILES string of the molecule is Cc1ccc(C(C#N)=CC=Cc2ccccc2[N+](=O)[O-])cc1. The standard InChI is InChI=1S/C18H14N2O2/c1-14-9-11-15(12-10-14)17(13-19)7-4-6-16-5-2-3-8-18(16)20(21)22/h2-12H,1H3. The normalized spacial score (nSPS) is 11.4. The Morgan fingerprint density at radius 1 is 1.18 bits per heavy atom.